The molecule has 0 bridgehead atoms. The van der Waals surface area contributed by atoms with Gasteiger partial charge in [0.15, 0.2) is 15.6 Å². The van der Waals surface area contributed by atoms with Gasteiger partial charge in [0.25, 0.3) is 0 Å². The Morgan fingerprint density at radius 2 is 1.90 bits per heavy atom. The summed E-state index contributed by atoms with van der Waals surface area (Å²) in [5, 5.41) is 0. The fourth-order valence-corrected chi connectivity index (χ4v) is 5.80. The summed E-state index contributed by atoms with van der Waals surface area (Å²) in [6.45, 7) is 3.95. The number of halogens is 4. The van der Waals surface area contributed by atoms with Crippen LogP contribution in [0.1, 0.15) is 34.1 Å². The van der Waals surface area contributed by atoms with Crippen molar-refractivity contribution in [3.05, 3.63) is 52.6 Å². The lowest BCUT2D eigenvalue weighted by molar-refractivity contribution is -0.140. The predicted octanol–water partition coefficient (Wildman–Crippen LogP) is 3.73. The smallest absolute Gasteiger partial charge is 0.380 e. The third-order valence-corrected chi connectivity index (χ3v) is 7.29. The van der Waals surface area contributed by atoms with Gasteiger partial charge in [-0.3, -0.25) is 4.79 Å². The van der Waals surface area contributed by atoms with Crippen molar-refractivity contribution in [3.63, 3.8) is 0 Å². The van der Waals surface area contributed by atoms with Crippen LogP contribution in [0.5, 0.6) is 0 Å². The highest BCUT2D eigenvalue weighted by atomic mass is 32.2. The van der Waals surface area contributed by atoms with E-state index in [1.165, 1.54) is 24.7 Å². The quantitative estimate of drug-likeness (QED) is 0.500. The van der Waals surface area contributed by atoms with Crippen molar-refractivity contribution in [3.8, 4) is 0 Å². The van der Waals surface area contributed by atoms with Crippen molar-refractivity contribution in [2.24, 2.45) is 12.5 Å². The zero-order chi connectivity index (χ0) is 22.5. The number of hydrogen-bond donors (Lipinski definition) is 0. The van der Waals surface area contributed by atoms with Crippen molar-refractivity contribution < 1.29 is 35.5 Å². The van der Waals surface area contributed by atoms with Gasteiger partial charge in [-0.2, -0.15) is 13.2 Å². The van der Waals surface area contributed by atoms with Crippen LogP contribution >= 0.6 is 0 Å². The molecule has 0 atom stereocenters. The van der Waals surface area contributed by atoms with E-state index in [1.807, 2.05) is 0 Å². The summed E-state index contributed by atoms with van der Waals surface area (Å²) in [6, 6.07) is 2.37. The summed E-state index contributed by atoms with van der Waals surface area (Å²) in [7, 11) is -2.20. The van der Waals surface area contributed by atoms with Crippen molar-refractivity contribution in [1.82, 2.24) is 4.57 Å². The molecule has 0 radical (unpaired) electrons. The first kappa shape index (κ1) is 22.5. The van der Waals surface area contributed by atoms with Crippen molar-refractivity contribution in [1.29, 1.82) is 0 Å². The number of carbonyl (C=O) groups excluding carboxylic acids is 1. The Morgan fingerprint density at radius 3 is 2.43 bits per heavy atom. The molecule has 3 rings (SSSR count). The second-order valence-corrected chi connectivity index (χ2v) is 10.0. The summed E-state index contributed by atoms with van der Waals surface area (Å²) in [5.74, 6) is -2.12. The van der Waals surface area contributed by atoms with Gasteiger partial charge in [-0.1, -0.05) is 13.0 Å². The minimum absolute atomic E-state index is 0.0107. The maximum absolute atomic E-state index is 13.5. The van der Waals surface area contributed by atoms with Gasteiger partial charge in [0, 0.05) is 25.1 Å². The van der Waals surface area contributed by atoms with Crippen LogP contribution in [0.25, 0.3) is 0 Å². The number of aryl methyl sites for hydroxylation is 1. The molecule has 0 spiro atoms. The molecule has 0 saturated carbocycles. The Kier molecular flexibility index (Phi) is 5.61. The Bertz CT molecular complexity index is 1100. The number of hydrogen-bond acceptors (Lipinski definition) is 4. The number of aromatic nitrogens is 1. The number of benzene rings is 1. The molecule has 0 amide bonds. The molecule has 1 aromatic heterocycles. The topological polar surface area (TPSA) is 65.4 Å². The maximum atomic E-state index is 13.5. The maximum Gasteiger partial charge on any atom is 0.419 e. The van der Waals surface area contributed by atoms with Gasteiger partial charge in [0.05, 0.1) is 35.1 Å². The van der Waals surface area contributed by atoms with E-state index in [-0.39, 0.29) is 27.5 Å². The Morgan fingerprint density at radius 1 is 1.27 bits per heavy atom. The average molecular weight is 447 g/mol. The largest absolute Gasteiger partial charge is 0.419 e. The van der Waals surface area contributed by atoms with Gasteiger partial charge in [0.1, 0.15) is 5.82 Å². The van der Waals surface area contributed by atoms with Gasteiger partial charge in [-0.25, -0.2) is 12.8 Å². The zero-order valence-corrected chi connectivity index (χ0v) is 17.5. The van der Waals surface area contributed by atoms with E-state index in [0.717, 1.165) is 6.07 Å². The summed E-state index contributed by atoms with van der Waals surface area (Å²) in [5.41, 5.74) is -1.63. The van der Waals surface area contributed by atoms with E-state index < -0.39 is 45.0 Å². The van der Waals surface area contributed by atoms with Gasteiger partial charge in [-0.05, 0) is 30.2 Å². The fraction of sp³-hybridized carbons (Fsp3) is 0.450. The van der Waals surface area contributed by atoms with Crippen LogP contribution in [0.2, 0.25) is 0 Å². The number of carbonyl (C=O) groups is 1. The van der Waals surface area contributed by atoms with Crippen molar-refractivity contribution >= 4 is 15.6 Å². The minimum atomic E-state index is -4.88. The van der Waals surface area contributed by atoms with Crippen molar-refractivity contribution in [2.75, 3.05) is 19.0 Å². The zero-order valence-electron chi connectivity index (χ0n) is 16.6. The first-order valence-corrected chi connectivity index (χ1v) is 10.7. The molecule has 10 heteroatoms. The molecule has 164 valence electrons. The van der Waals surface area contributed by atoms with E-state index in [9.17, 15) is 30.8 Å². The van der Waals surface area contributed by atoms with E-state index in [0.29, 0.717) is 25.3 Å². The van der Waals surface area contributed by atoms with Crippen LogP contribution in [0, 0.1) is 18.2 Å². The summed E-state index contributed by atoms with van der Waals surface area (Å²) < 4.78 is 84.4. The predicted molar refractivity (Wildman–Crippen MR) is 101 cm³/mol. The molecule has 5 nitrogen and oxygen atoms in total. The number of rotatable bonds is 6. The molecule has 1 aliphatic heterocycles. The highest BCUT2D eigenvalue weighted by Crippen LogP contribution is 2.34. The molecule has 0 N–H and O–H groups in total. The molecule has 1 aliphatic rings. The first-order chi connectivity index (χ1) is 13.7. The average Bonchev–Trinajstić information content (AvgIpc) is 2.89. The first-order valence-electron chi connectivity index (χ1n) is 9.09. The van der Waals surface area contributed by atoms with E-state index in [4.69, 9.17) is 4.74 Å². The Hall–Kier alpha value is -2.20. The SMILES string of the molecule is Cc1c(S(=O)(=O)CC2(C)COC2)cn(C)c1C(=O)Cc1ccc(F)c(C(F)(F)F)c1. The Labute approximate surface area is 171 Å². The molecule has 2 aromatic rings. The van der Waals surface area contributed by atoms with E-state index in [1.54, 1.807) is 6.92 Å². The van der Waals surface area contributed by atoms with Crippen LogP contribution in [0.3, 0.4) is 0 Å². The molecular formula is C20H21F4NO4S. The molecule has 1 saturated heterocycles. The lowest BCUT2D eigenvalue weighted by Crippen LogP contribution is -2.45. The van der Waals surface area contributed by atoms with Gasteiger partial charge >= 0.3 is 6.18 Å². The molecule has 0 aliphatic carbocycles. The molecule has 0 unspecified atom stereocenters. The van der Waals surface area contributed by atoms with E-state index in [2.05, 4.69) is 0 Å². The number of sulfone groups is 1. The van der Waals surface area contributed by atoms with Crippen LogP contribution in [-0.2, 0) is 34.2 Å². The number of alkyl halides is 3. The number of nitrogens with zero attached hydrogens (tertiary/aromatic N) is 1. The van der Waals surface area contributed by atoms with Gasteiger partial charge in [0.2, 0.25) is 0 Å². The summed E-state index contributed by atoms with van der Waals surface area (Å²) in [4.78, 5) is 12.8. The number of ether oxygens (including phenoxy) is 1. The van der Waals surface area contributed by atoms with Gasteiger partial charge < -0.3 is 9.30 Å². The van der Waals surface area contributed by atoms with Crippen LogP contribution in [0.15, 0.2) is 29.3 Å². The van der Waals surface area contributed by atoms with E-state index >= 15 is 0 Å². The molecule has 1 aromatic carbocycles. The summed E-state index contributed by atoms with van der Waals surface area (Å²) in [6.07, 6.45) is -3.97. The van der Waals surface area contributed by atoms with Crippen LogP contribution in [0.4, 0.5) is 17.6 Å². The third-order valence-electron chi connectivity index (χ3n) is 5.13. The molecule has 30 heavy (non-hydrogen) atoms. The fourth-order valence-electron chi connectivity index (χ4n) is 3.68. The summed E-state index contributed by atoms with van der Waals surface area (Å²) >= 11 is 0. The monoisotopic (exact) mass is 447 g/mol. The lowest BCUT2D eigenvalue weighted by Gasteiger charge is -2.37. The normalized spacial score (nSPS) is 16.4. The number of ketones is 1. The standard InChI is InChI=1S/C20H21F4NO4S/c1-12-17(30(27,28)11-19(2)9-29-10-19)8-25(3)18(12)16(26)7-13-4-5-15(21)14(6-13)20(22,23)24/h4-6,8H,7,9-11H2,1-3H3. The number of Topliss-reactive ketones (excluding diaryl/α,β-unsaturated/α-hetero) is 1. The molecular weight excluding hydrogens is 426 g/mol. The second-order valence-electron chi connectivity index (χ2n) is 8.05. The highest BCUT2D eigenvalue weighted by molar-refractivity contribution is 7.91. The molecule has 1 fully saturated rings. The third kappa shape index (κ3) is 4.29. The Balaban J connectivity index is 1.89. The van der Waals surface area contributed by atoms with Crippen LogP contribution in [-0.4, -0.2) is 37.7 Å². The molecule has 2 heterocycles. The lowest BCUT2D eigenvalue weighted by atomic mass is 9.92. The van der Waals surface area contributed by atoms with Gasteiger partial charge in [-0.15, -0.1) is 0 Å². The highest BCUT2D eigenvalue weighted by Gasteiger charge is 2.40. The van der Waals surface area contributed by atoms with Crippen molar-refractivity contribution in [2.45, 2.75) is 31.3 Å². The second kappa shape index (κ2) is 7.49. The minimum Gasteiger partial charge on any atom is -0.380 e. The van der Waals surface area contributed by atoms with Crippen LogP contribution < -0.4 is 0 Å².